The number of rotatable bonds is 8. The molecule has 0 spiro atoms. The molecule has 0 aromatic heterocycles. The van der Waals surface area contributed by atoms with Gasteiger partial charge in [0.2, 0.25) is 5.75 Å². The zero-order chi connectivity index (χ0) is 24.5. The van der Waals surface area contributed by atoms with Gasteiger partial charge in [-0.2, -0.15) is 0 Å². The van der Waals surface area contributed by atoms with Gasteiger partial charge in [-0.25, -0.2) is 0 Å². The second-order valence-electron chi connectivity index (χ2n) is 8.31. The second-order valence-corrected chi connectivity index (χ2v) is 8.31. The number of hydrazine groups is 1. The van der Waals surface area contributed by atoms with E-state index in [9.17, 15) is 9.59 Å². The van der Waals surface area contributed by atoms with Crippen molar-refractivity contribution < 1.29 is 23.8 Å². The number of hydrogen-bond donors (Lipinski definition) is 2. The molecular formula is C25H34N4O5. The van der Waals surface area contributed by atoms with Crippen LogP contribution in [0, 0.1) is 6.92 Å². The van der Waals surface area contributed by atoms with Crippen molar-refractivity contribution in [3.8, 4) is 17.2 Å². The van der Waals surface area contributed by atoms with Crippen molar-refractivity contribution >= 4 is 11.8 Å². The van der Waals surface area contributed by atoms with Gasteiger partial charge in [-0.15, -0.1) is 0 Å². The monoisotopic (exact) mass is 470 g/mol. The normalized spacial score (nSPS) is 14.7. The molecular weight excluding hydrogens is 436 g/mol. The Morgan fingerprint density at radius 1 is 0.853 bits per heavy atom. The van der Waals surface area contributed by atoms with E-state index in [4.69, 9.17) is 14.2 Å². The molecule has 0 saturated carbocycles. The Kier molecular flexibility index (Phi) is 9.12. The van der Waals surface area contributed by atoms with E-state index in [1.54, 1.807) is 0 Å². The molecule has 2 amide bonds. The summed E-state index contributed by atoms with van der Waals surface area (Å²) in [5, 5.41) is 0. The minimum atomic E-state index is -0.479. The van der Waals surface area contributed by atoms with Gasteiger partial charge in [-0.05, 0) is 44.1 Å². The summed E-state index contributed by atoms with van der Waals surface area (Å²) in [4.78, 5) is 29.6. The van der Waals surface area contributed by atoms with Gasteiger partial charge in [-0.1, -0.05) is 29.8 Å². The lowest BCUT2D eigenvalue weighted by Gasteiger charge is -2.21. The molecule has 0 unspecified atom stereocenters. The van der Waals surface area contributed by atoms with Crippen LogP contribution in [0.4, 0.5) is 0 Å². The molecule has 1 aliphatic rings. The zero-order valence-electron chi connectivity index (χ0n) is 20.3. The SMILES string of the molecule is COc1cc(C(=O)NNC(=O)CN2CCCN(Cc3ccc(C)cc3)CC2)cc(OC)c1OC. The molecule has 184 valence electrons. The van der Waals surface area contributed by atoms with Crippen LogP contribution in [0.5, 0.6) is 17.2 Å². The van der Waals surface area contributed by atoms with E-state index in [1.165, 1.54) is 44.6 Å². The molecule has 0 atom stereocenters. The molecule has 0 bridgehead atoms. The summed E-state index contributed by atoms with van der Waals surface area (Å²) in [6, 6.07) is 11.7. The second kappa shape index (κ2) is 12.2. The Morgan fingerprint density at radius 2 is 1.47 bits per heavy atom. The third kappa shape index (κ3) is 6.85. The van der Waals surface area contributed by atoms with Gasteiger partial charge in [0.25, 0.3) is 11.8 Å². The quantitative estimate of drug-likeness (QED) is 0.570. The maximum Gasteiger partial charge on any atom is 0.269 e. The average Bonchev–Trinajstić information content (AvgIpc) is 3.07. The predicted molar refractivity (Wildman–Crippen MR) is 129 cm³/mol. The zero-order valence-corrected chi connectivity index (χ0v) is 20.3. The third-order valence-electron chi connectivity index (χ3n) is 5.82. The van der Waals surface area contributed by atoms with Gasteiger partial charge in [-0.3, -0.25) is 30.2 Å². The summed E-state index contributed by atoms with van der Waals surface area (Å²) in [5.41, 5.74) is 7.79. The Hall–Kier alpha value is -3.30. The number of nitrogens with zero attached hydrogens (tertiary/aromatic N) is 2. The van der Waals surface area contributed by atoms with Crippen molar-refractivity contribution in [1.82, 2.24) is 20.7 Å². The van der Waals surface area contributed by atoms with E-state index in [2.05, 4.69) is 51.8 Å². The number of aryl methyl sites for hydroxylation is 1. The summed E-state index contributed by atoms with van der Waals surface area (Å²) >= 11 is 0. The lowest BCUT2D eigenvalue weighted by Crippen LogP contribution is -2.47. The predicted octanol–water partition coefficient (Wildman–Crippen LogP) is 1.99. The summed E-state index contributed by atoms with van der Waals surface area (Å²) in [5.74, 6) is 0.361. The van der Waals surface area contributed by atoms with Gasteiger partial charge in [0.1, 0.15) is 0 Å². The molecule has 2 N–H and O–H groups in total. The largest absolute Gasteiger partial charge is 0.493 e. The highest BCUT2D eigenvalue weighted by atomic mass is 16.5. The first kappa shape index (κ1) is 25.3. The fourth-order valence-electron chi connectivity index (χ4n) is 3.95. The average molecular weight is 471 g/mol. The maximum absolute atomic E-state index is 12.6. The molecule has 34 heavy (non-hydrogen) atoms. The minimum Gasteiger partial charge on any atom is -0.493 e. The summed E-state index contributed by atoms with van der Waals surface area (Å²) in [7, 11) is 4.44. The van der Waals surface area contributed by atoms with Crippen molar-refractivity contribution in [2.24, 2.45) is 0 Å². The fourth-order valence-corrected chi connectivity index (χ4v) is 3.95. The molecule has 1 heterocycles. The molecule has 0 radical (unpaired) electrons. The molecule has 2 aromatic rings. The Labute approximate surface area is 200 Å². The van der Waals surface area contributed by atoms with E-state index in [0.717, 1.165) is 39.1 Å². The molecule has 1 fully saturated rings. The van der Waals surface area contributed by atoms with Crippen LogP contribution in [-0.2, 0) is 11.3 Å². The number of amides is 2. The number of methoxy groups -OCH3 is 3. The van der Waals surface area contributed by atoms with E-state index < -0.39 is 5.91 Å². The topological polar surface area (TPSA) is 92.4 Å². The number of carbonyl (C=O) groups excluding carboxylic acids is 2. The highest BCUT2D eigenvalue weighted by Gasteiger charge is 2.19. The van der Waals surface area contributed by atoms with E-state index in [1.807, 2.05) is 0 Å². The highest BCUT2D eigenvalue weighted by molar-refractivity contribution is 5.96. The molecule has 1 aliphatic heterocycles. The fraction of sp³-hybridized carbons (Fsp3) is 0.440. The molecule has 9 nitrogen and oxygen atoms in total. The Morgan fingerprint density at radius 3 is 2.09 bits per heavy atom. The lowest BCUT2D eigenvalue weighted by atomic mass is 10.1. The molecule has 9 heteroatoms. The first-order chi connectivity index (χ1) is 16.4. The molecule has 0 aliphatic carbocycles. The minimum absolute atomic E-state index is 0.216. The van der Waals surface area contributed by atoms with Gasteiger partial charge in [0, 0.05) is 25.2 Å². The Bertz CT molecular complexity index is 955. The molecule has 1 saturated heterocycles. The number of hydrogen-bond acceptors (Lipinski definition) is 7. The number of nitrogens with one attached hydrogen (secondary N) is 2. The van der Waals surface area contributed by atoms with Crippen molar-refractivity contribution in [3.63, 3.8) is 0 Å². The van der Waals surface area contributed by atoms with Gasteiger partial charge < -0.3 is 14.2 Å². The van der Waals surface area contributed by atoms with Crippen LogP contribution < -0.4 is 25.1 Å². The van der Waals surface area contributed by atoms with Gasteiger partial charge in [0.15, 0.2) is 11.5 Å². The van der Waals surface area contributed by atoms with Crippen molar-refractivity contribution in [2.75, 3.05) is 54.1 Å². The van der Waals surface area contributed by atoms with Crippen molar-refractivity contribution in [1.29, 1.82) is 0 Å². The molecule has 2 aromatic carbocycles. The molecule has 3 rings (SSSR count). The smallest absolute Gasteiger partial charge is 0.269 e. The number of ether oxygens (including phenoxy) is 3. The van der Waals surface area contributed by atoms with Crippen LogP contribution >= 0.6 is 0 Å². The van der Waals surface area contributed by atoms with Crippen molar-refractivity contribution in [3.05, 3.63) is 53.1 Å². The van der Waals surface area contributed by atoms with Crippen LogP contribution in [0.3, 0.4) is 0 Å². The van der Waals surface area contributed by atoms with E-state index >= 15 is 0 Å². The van der Waals surface area contributed by atoms with Gasteiger partial charge in [0.05, 0.1) is 27.9 Å². The van der Waals surface area contributed by atoms with E-state index in [-0.39, 0.29) is 18.0 Å². The van der Waals surface area contributed by atoms with Crippen LogP contribution in [-0.4, -0.2) is 75.7 Å². The summed E-state index contributed by atoms with van der Waals surface area (Å²) in [6.45, 7) is 6.71. The summed E-state index contributed by atoms with van der Waals surface area (Å²) < 4.78 is 15.8. The van der Waals surface area contributed by atoms with Crippen LogP contribution in [0.2, 0.25) is 0 Å². The van der Waals surface area contributed by atoms with Crippen LogP contribution in [0.15, 0.2) is 36.4 Å². The lowest BCUT2D eigenvalue weighted by molar-refractivity contribution is -0.123. The standard InChI is InChI=1S/C25H34N4O5/c1-18-6-8-19(9-7-18)16-28-10-5-11-29(13-12-28)17-23(30)26-27-25(31)20-14-21(32-2)24(34-4)22(15-20)33-3/h6-9,14-15H,5,10-13,16-17H2,1-4H3,(H,26,30)(H,27,31). The third-order valence-corrected chi connectivity index (χ3v) is 5.82. The maximum atomic E-state index is 12.6. The number of carbonyl (C=O) groups is 2. The summed E-state index contributed by atoms with van der Waals surface area (Å²) in [6.07, 6.45) is 0.983. The number of benzene rings is 2. The first-order valence-electron chi connectivity index (χ1n) is 11.3. The van der Waals surface area contributed by atoms with Crippen LogP contribution in [0.1, 0.15) is 27.9 Å². The van der Waals surface area contributed by atoms with Crippen LogP contribution in [0.25, 0.3) is 0 Å². The Balaban J connectivity index is 1.48. The van der Waals surface area contributed by atoms with Gasteiger partial charge >= 0.3 is 0 Å². The first-order valence-corrected chi connectivity index (χ1v) is 11.3. The highest BCUT2D eigenvalue weighted by Crippen LogP contribution is 2.38. The van der Waals surface area contributed by atoms with E-state index in [0.29, 0.717) is 17.2 Å². The van der Waals surface area contributed by atoms with Crippen molar-refractivity contribution in [2.45, 2.75) is 19.9 Å².